The van der Waals surface area contributed by atoms with E-state index in [1.165, 1.54) is 30.6 Å². The molecule has 0 heterocycles. The minimum absolute atomic E-state index is 0.816. The van der Waals surface area contributed by atoms with Gasteiger partial charge < -0.3 is 0 Å². The van der Waals surface area contributed by atoms with E-state index in [4.69, 9.17) is 0 Å². The SMILES string of the molecule is CCSC(CC(C)CCC=C(C)C)C(C)C. The second-order valence-electron chi connectivity index (χ2n) is 5.44. The van der Waals surface area contributed by atoms with Crippen molar-refractivity contribution in [3.63, 3.8) is 0 Å². The van der Waals surface area contributed by atoms with E-state index < -0.39 is 0 Å². The van der Waals surface area contributed by atoms with Crippen LogP contribution in [0.1, 0.15) is 60.8 Å². The monoisotopic (exact) mass is 242 g/mol. The molecule has 0 bridgehead atoms. The second kappa shape index (κ2) is 9.15. The van der Waals surface area contributed by atoms with Gasteiger partial charge >= 0.3 is 0 Å². The van der Waals surface area contributed by atoms with Crippen LogP contribution in [0.4, 0.5) is 0 Å². The predicted octanol–water partition coefficient (Wildman–Crippen LogP) is 5.54. The van der Waals surface area contributed by atoms with Gasteiger partial charge in [-0.05, 0) is 50.7 Å². The maximum Gasteiger partial charge on any atom is 0.00724 e. The molecule has 0 aliphatic carbocycles. The lowest BCUT2D eigenvalue weighted by Gasteiger charge is -2.23. The van der Waals surface area contributed by atoms with Crippen LogP contribution in [0.25, 0.3) is 0 Å². The summed E-state index contributed by atoms with van der Waals surface area (Å²) in [6.45, 7) is 13.8. The average molecular weight is 242 g/mol. The van der Waals surface area contributed by atoms with E-state index in [0.717, 1.165) is 17.1 Å². The Morgan fingerprint density at radius 1 is 1.19 bits per heavy atom. The molecule has 0 nitrogen and oxygen atoms in total. The van der Waals surface area contributed by atoms with Crippen LogP contribution in [-0.4, -0.2) is 11.0 Å². The van der Waals surface area contributed by atoms with E-state index in [2.05, 4.69) is 59.4 Å². The molecule has 0 saturated carbocycles. The van der Waals surface area contributed by atoms with E-state index in [0.29, 0.717) is 0 Å². The van der Waals surface area contributed by atoms with Crippen LogP contribution in [0.5, 0.6) is 0 Å². The zero-order valence-electron chi connectivity index (χ0n) is 12.0. The maximum atomic E-state index is 2.41. The largest absolute Gasteiger partial charge is 0.159 e. The number of thioether (sulfide) groups is 1. The molecule has 0 aromatic carbocycles. The zero-order valence-corrected chi connectivity index (χ0v) is 12.9. The van der Waals surface area contributed by atoms with Crippen LogP contribution < -0.4 is 0 Å². The lowest BCUT2D eigenvalue weighted by atomic mass is 9.94. The fourth-order valence-electron chi connectivity index (χ4n) is 1.92. The fourth-order valence-corrected chi connectivity index (χ4v) is 3.20. The minimum Gasteiger partial charge on any atom is -0.159 e. The van der Waals surface area contributed by atoms with Gasteiger partial charge in [-0.2, -0.15) is 11.8 Å². The highest BCUT2D eigenvalue weighted by Crippen LogP contribution is 2.27. The second-order valence-corrected chi connectivity index (χ2v) is 6.95. The summed E-state index contributed by atoms with van der Waals surface area (Å²) >= 11 is 2.14. The predicted molar refractivity (Wildman–Crippen MR) is 79.2 cm³/mol. The molecule has 0 rings (SSSR count). The zero-order chi connectivity index (χ0) is 12.6. The Morgan fingerprint density at radius 3 is 2.25 bits per heavy atom. The topological polar surface area (TPSA) is 0 Å². The van der Waals surface area contributed by atoms with Crippen LogP contribution >= 0.6 is 11.8 Å². The molecule has 0 aromatic heterocycles. The van der Waals surface area contributed by atoms with Gasteiger partial charge in [0, 0.05) is 5.25 Å². The first-order valence-electron chi connectivity index (χ1n) is 6.72. The molecule has 16 heavy (non-hydrogen) atoms. The van der Waals surface area contributed by atoms with Crippen LogP contribution in [0.3, 0.4) is 0 Å². The quantitative estimate of drug-likeness (QED) is 0.504. The fraction of sp³-hybridized carbons (Fsp3) is 0.867. The molecule has 0 spiro atoms. The molecule has 1 heteroatoms. The summed E-state index contributed by atoms with van der Waals surface area (Å²) in [7, 11) is 0. The highest BCUT2D eigenvalue weighted by molar-refractivity contribution is 7.99. The number of hydrogen-bond donors (Lipinski definition) is 0. The number of hydrogen-bond acceptors (Lipinski definition) is 1. The van der Waals surface area contributed by atoms with Gasteiger partial charge in [0.25, 0.3) is 0 Å². The van der Waals surface area contributed by atoms with Crippen molar-refractivity contribution in [1.29, 1.82) is 0 Å². The van der Waals surface area contributed by atoms with Crippen molar-refractivity contribution < 1.29 is 0 Å². The van der Waals surface area contributed by atoms with Gasteiger partial charge in [0.1, 0.15) is 0 Å². The number of allylic oxidation sites excluding steroid dienone is 2. The van der Waals surface area contributed by atoms with E-state index >= 15 is 0 Å². The Hall–Kier alpha value is 0.0900. The summed E-state index contributed by atoms with van der Waals surface area (Å²) in [4.78, 5) is 0. The van der Waals surface area contributed by atoms with E-state index in [-0.39, 0.29) is 0 Å². The third-order valence-electron chi connectivity index (χ3n) is 2.97. The lowest BCUT2D eigenvalue weighted by molar-refractivity contribution is 0.441. The van der Waals surface area contributed by atoms with Gasteiger partial charge in [-0.25, -0.2) is 0 Å². The molecule has 0 aliphatic rings. The van der Waals surface area contributed by atoms with E-state index in [1.807, 2.05) is 0 Å². The number of rotatable bonds is 8. The molecular formula is C15H30S. The van der Waals surface area contributed by atoms with Gasteiger partial charge in [-0.15, -0.1) is 0 Å². The van der Waals surface area contributed by atoms with E-state index in [9.17, 15) is 0 Å². The van der Waals surface area contributed by atoms with E-state index in [1.54, 1.807) is 0 Å². The summed E-state index contributed by atoms with van der Waals surface area (Å²) in [5.41, 5.74) is 1.45. The Labute approximate surface area is 107 Å². The Morgan fingerprint density at radius 2 is 1.81 bits per heavy atom. The van der Waals surface area contributed by atoms with Crippen molar-refractivity contribution in [3.8, 4) is 0 Å². The maximum absolute atomic E-state index is 2.41. The lowest BCUT2D eigenvalue weighted by Crippen LogP contribution is -2.15. The van der Waals surface area contributed by atoms with Crippen LogP contribution in [-0.2, 0) is 0 Å². The molecule has 0 amide bonds. The first-order chi connectivity index (χ1) is 7.47. The van der Waals surface area contributed by atoms with Gasteiger partial charge in [0.2, 0.25) is 0 Å². The summed E-state index contributed by atoms with van der Waals surface area (Å²) < 4.78 is 0. The van der Waals surface area contributed by atoms with Gasteiger partial charge in [-0.3, -0.25) is 0 Å². The van der Waals surface area contributed by atoms with Crippen molar-refractivity contribution in [2.75, 3.05) is 5.75 Å². The average Bonchev–Trinajstić information content (AvgIpc) is 2.16. The Kier molecular flexibility index (Phi) is 9.21. The van der Waals surface area contributed by atoms with Crippen molar-refractivity contribution in [2.45, 2.75) is 66.1 Å². The molecule has 0 aliphatic heterocycles. The van der Waals surface area contributed by atoms with Crippen LogP contribution in [0, 0.1) is 11.8 Å². The first-order valence-corrected chi connectivity index (χ1v) is 7.77. The standard InChI is InChI=1S/C15H30S/c1-7-16-15(13(4)5)11-14(6)10-8-9-12(2)3/h9,13-15H,7-8,10-11H2,1-6H3. The summed E-state index contributed by atoms with van der Waals surface area (Å²) in [6.07, 6.45) is 6.35. The molecule has 0 fully saturated rings. The molecule has 0 saturated heterocycles. The Bertz CT molecular complexity index is 190. The van der Waals surface area contributed by atoms with Crippen molar-refractivity contribution >= 4 is 11.8 Å². The third kappa shape index (κ3) is 8.27. The Balaban J connectivity index is 3.90. The highest BCUT2D eigenvalue weighted by atomic mass is 32.2. The summed E-state index contributed by atoms with van der Waals surface area (Å²) in [5, 5.41) is 0.853. The molecule has 96 valence electrons. The summed E-state index contributed by atoms with van der Waals surface area (Å²) in [6, 6.07) is 0. The van der Waals surface area contributed by atoms with Crippen LogP contribution in [0.2, 0.25) is 0 Å². The van der Waals surface area contributed by atoms with Crippen molar-refractivity contribution in [2.24, 2.45) is 11.8 Å². The van der Waals surface area contributed by atoms with Crippen molar-refractivity contribution in [1.82, 2.24) is 0 Å². The van der Waals surface area contributed by atoms with Gasteiger partial charge in [0.15, 0.2) is 0 Å². The normalized spacial score (nSPS) is 14.9. The van der Waals surface area contributed by atoms with Crippen molar-refractivity contribution in [3.05, 3.63) is 11.6 Å². The highest BCUT2D eigenvalue weighted by Gasteiger charge is 2.16. The smallest absolute Gasteiger partial charge is 0.00724 e. The molecular weight excluding hydrogens is 212 g/mol. The molecule has 2 atom stereocenters. The molecule has 0 radical (unpaired) electrons. The first kappa shape index (κ1) is 16.1. The van der Waals surface area contributed by atoms with Crippen LogP contribution in [0.15, 0.2) is 11.6 Å². The minimum atomic E-state index is 0.816. The molecule has 0 N–H and O–H groups in total. The molecule has 2 unspecified atom stereocenters. The van der Waals surface area contributed by atoms with Gasteiger partial charge in [-0.1, -0.05) is 39.3 Å². The van der Waals surface area contributed by atoms with Gasteiger partial charge in [0.05, 0.1) is 0 Å². The summed E-state index contributed by atoms with van der Waals surface area (Å²) in [5.74, 6) is 2.93. The molecule has 0 aromatic rings. The third-order valence-corrected chi connectivity index (χ3v) is 4.47.